The van der Waals surface area contributed by atoms with Crippen LogP contribution in [0.25, 0.3) is 0 Å². The highest BCUT2D eigenvalue weighted by Gasteiger charge is 2.33. The van der Waals surface area contributed by atoms with E-state index in [-0.39, 0.29) is 0 Å². The highest BCUT2D eigenvalue weighted by molar-refractivity contribution is 4.90. The van der Waals surface area contributed by atoms with Crippen LogP contribution in [0.5, 0.6) is 0 Å². The number of hydrogen-bond donors (Lipinski definition) is 2. The van der Waals surface area contributed by atoms with Crippen LogP contribution in [0, 0.1) is 11.8 Å². The molecule has 0 aromatic carbocycles. The second kappa shape index (κ2) is 5.05. The summed E-state index contributed by atoms with van der Waals surface area (Å²) in [6, 6.07) is 0.716. The molecule has 0 radical (unpaired) electrons. The minimum atomic E-state index is -0.410. The molecule has 2 N–H and O–H groups in total. The van der Waals surface area contributed by atoms with Gasteiger partial charge in [0, 0.05) is 12.6 Å². The van der Waals surface area contributed by atoms with Crippen LogP contribution in [0.3, 0.4) is 0 Å². The summed E-state index contributed by atoms with van der Waals surface area (Å²) in [6.45, 7) is 5.46. The molecule has 0 spiro atoms. The Labute approximate surface area is 99.8 Å². The molecule has 2 fully saturated rings. The summed E-state index contributed by atoms with van der Waals surface area (Å²) in [5.74, 6) is 1.61. The lowest BCUT2D eigenvalue weighted by molar-refractivity contribution is 0.0234. The fraction of sp³-hybridized carbons (Fsp3) is 1.00. The van der Waals surface area contributed by atoms with E-state index < -0.39 is 5.60 Å². The average Bonchev–Trinajstić information content (AvgIpc) is 3.02. The zero-order valence-corrected chi connectivity index (χ0v) is 10.8. The third kappa shape index (κ3) is 3.46. The normalized spacial score (nSPS) is 36.4. The first-order valence-corrected chi connectivity index (χ1v) is 7.05. The third-order valence-corrected chi connectivity index (χ3v) is 4.44. The molecule has 0 aromatic rings. The second-order valence-corrected chi connectivity index (χ2v) is 6.31. The van der Waals surface area contributed by atoms with Gasteiger partial charge in [0.1, 0.15) is 0 Å². The largest absolute Gasteiger partial charge is 0.389 e. The molecule has 94 valence electrons. The van der Waals surface area contributed by atoms with Crippen LogP contribution in [0.4, 0.5) is 0 Å². The van der Waals surface area contributed by atoms with Crippen LogP contribution in [-0.4, -0.2) is 23.3 Å². The maximum Gasteiger partial charge on any atom is 0.0771 e. The van der Waals surface area contributed by atoms with E-state index >= 15 is 0 Å². The van der Waals surface area contributed by atoms with Crippen molar-refractivity contribution in [3.05, 3.63) is 0 Å². The predicted octanol–water partition coefficient (Wildman–Crippen LogP) is 2.71. The van der Waals surface area contributed by atoms with Gasteiger partial charge in [-0.2, -0.15) is 0 Å². The van der Waals surface area contributed by atoms with Crippen molar-refractivity contribution in [2.24, 2.45) is 11.8 Å². The molecule has 16 heavy (non-hydrogen) atoms. The van der Waals surface area contributed by atoms with E-state index in [0.717, 1.165) is 31.2 Å². The first-order chi connectivity index (χ1) is 7.59. The molecular weight excluding hydrogens is 198 g/mol. The molecule has 2 nitrogen and oxygen atoms in total. The Balaban J connectivity index is 1.80. The molecule has 0 bridgehead atoms. The summed E-state index contributed by atoms with van der Waals surface area (Å²) in [4.78, 5) is 0. The van der Waals surface area contributed by atoms with Crippen molar-refractivity contribution in [3.63, 3.8) is 0 Å². The van der Waals surface area contributed by atoms with Crippen LogP contribution in [-0.2, 0) is 0 Å². The van der Waals surface area contributed by atoms with E-state index in [0.29, 0.717) is 6.04 Å². The lowest BCUT2D eigenvalue weighted by Crippen LogP contribution is -2.41. The van der Waals surface area contributed by atoms with Crippen molar-refractivity contribution in [2.45, 2.75) is 70.4 Å². The summed E-state index contributed by atoms with van der Waals surface area (Å²) >= 11 is 0. The van der Waals surface area contributed by atoms with E-state index in [1.54, 1.807) is 0 Å². The minimum Gasteiger partial charge on any atom is -0.389 e. The number of aliphatic hydroxyl groups is 1. The van der Waals surface area contributed by atoms with Crippen LogP contribution in [0.15, 0.2) is 0 Å². The first kappa shape index (κ1) is 12.4. The maximum atomic E-state index is 10.6. The van der Waals surface area contributed by atoms with Crippen molar-refractivity contribution < 1.29 is 5.11 Å². The van der Waals surface area contributed by atoms with Crippen molar-refractivity contribution in [2.75, 3.05) is 6.54 Å². The molecule has 2 unspecified atom stereocenters. The molecule has 2 aliphatic carbocycles. The molecule has 0 amide bonds. The van der Waals surface area contributed by atoms with Crippen molar-refractivity contribution in [1.29, 1.82) is 0 Å². The third-order valence-electron chi connectivity index (χ3n) is 4.44. The van der Waals surface area contributed by atoms with Gasteiger partial charge in [-0.15, -0.1) is 0 Å². The fourth-order valence-corrected chi connectivity index (χ4v) is 2.88. The van der Waals surface area contributed by atoms with Gasteiger partial charge in [0.15, 0.2) is 0 Å². The van der Waals surface area contributed by atoms with Gasteiger partial charge < -0.3 is 10.4 Å². The summed E-state index contributed by atoms with van der Waals surface area (Å²) in [5.41, 5.74) is -0.410. The summed E-state index contributed by atoms with van der Waals surface area (Å²) in [6.07, 6.45) is 8.33. The van der Waals surface area contributed by atoms with Crippen molar-refractivity contribution in [3.8, 4) is 0 Å². The second-order valence-electron chi connectivity index (χ2n) is 6.31. The molecule has 0 heterocycles. The standard InChI is InChI=1S/C14H27NO/c1-11(2)12-4-3-8-14(16,9-7-12)10-15-13-5-6-13/h11-13,15-16H,3-10H2,1-2H3. The monoisotopic (exact) mass is 225 g/mol. The Morgan fingerprint density at radius 3 is 2.56 bits per heavy atom. The molecular formula is C14H27NO. The molecule has 2 heteroatoms. The van der Waals surface area contributed by atoms with E-state index in [1.165, 1.54) is 32.1 Å². The molecule has 2 atom stereocenters. The van der Waals surface area contributed by atoms with Crippen LogP contribution < -0.4 is 5.32 Å². The van der Waals surface area contributed by atoms with E-state index in [2.05, 4.69) is 19.2 Å². The summed E-state index contributed by atoms with van der Waals surface area (Å²) < 4.78 is 0. The molecule has 2 rings (SSSR count). The van der Waals surface area contributed by atoms with Gasteiger partial charge >= 0.3 is 0 Å². The van der Waals surface area contributed by atoms with Crippen molar-refractivity contribution >= 4 is 0 Å². The van der Waals surface area contributed by atoms with Gasteiger partial charge in [-0.1, -0.05) is 26.7 Å². The Bertz CT molecular complexity index is 225. The quantitative estimate of drug-likeness (QED) is 0.721. The lowest BCUT2D eigenvalue weighted by Gasteiger charge is -2.27. The van der Waals surface area contributed by atoms with Crippen LogP contribution >= 0.6 is 0 Å². The van der Waals surface area contributed by atoms with E-state index in [1.807, 2.05) is 0 Å². The zero-order chi connectivity index (χ0) is 11.6. The molecule has 2 saturated carbocycles. The van der Waals surface area contributed by atoms with E-state index in [9.17, 15) is 5.11 Å². The summed E-state index contributed by atoms with van der Waals surface area (Å²) in [5, 5.41) is 14.1. The van der Waals surface area contributed by atoms with Crippen LogP contribution in [0.1, 0.15) is 58.8 Å². The van der Waals surface area contributed by atoms with Gasteiger partial charge in [-0.3, -0.25) is 0 Å². The number of hydrogen-bond acceptors (Lipinski definition) is 2. The minimum absolute atomic E-state index is 0.410. The fourth-order valence-electron chi connectivity index (χ4n) is 2.88. The molecule has 0 aromatic heterocycles. The predicted molar refractivity (Wildman–Crippen MR) is 67.4 cm³/mol. The van der Waals surface area contributed by atoms with E-state index in [4.69, 9.17) is 0 Å². The highest BCUT2D eigenvalue weighted by Crippen LogP contribution is 2.34. The zero-order valence-electron chi connectivity index (χ0n) is 10.8. The molecule has 0 saturated heterocycles. The smallest absolute Gasteiger partial charge is 0.0771 e. The summed E-state index contributed by atoms with van der Waals surface area (Å²) in [7, 11) is 0. The topological polar surface area (TPSA) is 32.3 Å². The number of rotatable bonds is 4. The van der Waals surface area contributed by atoms with Gasteiger partial charge in [0.05, 0.1) is 5.60 Å². The van der Waals surface area contributed by atoms with Gasteiger partial charge in [0.25, 0.3) is 0 Å². The molecule has 0 aliphatic heterocycles. The van der Waals surface area contributed by atoms with Crippen molar-refractivity contribution in [1.82, 2.24) is 5.32 Å². The average molecular weight is 225 g/mol. The lowest BCUT2D eigenvalue weighted by atomic mass is 9.88. The first-order valence-electron chi connectivity index (χ1n) is 7.05. The maximum absolute atomic E-state index is 10.6. The number of nitrogens with one attached hydrogen (secondary N) is 1. The van der Waals surface area contributed by atoms with Crippen LogP contribution in [0.2, 0.25) is 0 Å². The van der Waals surface area contributed by atoms with Gasteiger partial charge in [-0.25, -0.2) is 0 Å². The SMILES string of the molecule is CC(C)C1CCCC(O)(CNC2CC2)CC1. The Hall–Kier alpha value is -0.0800. The Morgan fingerprint density at radius 2 is 1.94 bits per heavy atom. The highest BCUT2D eigenvalue weighted by atomic mass is 16.3. The molecule has 2 aliphatic rings. The van der Waals surface area contributed by atoms with Gasteiger partial charge in [0.2, 0.25) is 0 Å². The Morgan fingerprint density at radius 1 is 1.19 bits per heavy atom. The Kier molecular flexibility index (Phi) is 3.91. The van der Waals surface area contributed by atoms with Gasteiger partial charge in [-0.05, 0) is 43.9 Å².